The van der Waals surface area contributed by atoms with Gasteiger partial charge in [-0.3, -0.25) is 0 Å². The largest absolute Gasteiger partial charge is 0.491 e. The molecule has 0 radical (unpaired) electrons. The summed E-state index contributed by atoms with van der Waals surface area (Å²) >= 11 is 2.94. The van der Waals surface area contributed by atoms with Crippen molar-refractivity contribution < 1.29 is 19.4 Å². The second-order valence-electron chi connectivity index (χ2n) is 8.37. The Morgan fingerprint density at radius 3 is 2.69 bits per heavy atom. The number of benzene rings is 1. The number of carboxylic acids is 1. The van der Waals surface area contributed by atoms with E-state index in [1.807, 2.05) is 23.6 Å². The number of thiazole rings is 2. The number of aromatic carboxylic acids is 1. The minimum absolute atomic E-state index is 0.0645. The molecule has 2 N–H and O–H groups in total. The first kappa shape index (κ1) is 26.2. The van der Waals surface area contributed by atoms with Crippen molar-refractivity contribution in [2.75, 3.05) is 25.6 Å². The van der Waals surface area contributed by atoms with E-state index in [9.17, 15) is 9.90 Å². The molecular formula is C25H27N4O4PS2. The van der Waals surface area contributed by atoms with E-state index in [1.165, 1.54) is 22.7 Å². The Morgan fingerprint density at radius 2 is 2.03 bits per heavy atom. The van der Waals surface area contributed by atoms with Crippen molar-refractivity contribution in [3.63, 3.8) is 0 Å². The lowest BCUT2D eigenvalue weighted by atomic mass is 10.0. The maximum Gasteiger partial charge on any atom is 0.339 e. The van der Waals surface area contributed by atoms with Gasteiger partial charge in [-0.1, -0.05) is 13.8 Å². The van der Waals surface area contributed by atoms with Crippen LogP contribution in [0, 0.1) is 5.92 Å². The van der Waals surface area contributed by atoms with Crippen molar-refractivity contribution in [3.05, 3.63) is 52.5 Å². The molecule has 0 aliphatic heterocycles. The molecule has 1 aromatic carbocycles. The standard InChI is InChI=1S/C25H27N4O4PS2/c1-14(2)10-20-21(15-4-5-18(19(34)12-15)33-8-7-32-3)28-25(36-20)29-22-17(24(30)31)11-16(13-27-22)23-26-6-9-35-23/h4-6,9,11-14H,7-8,10,34H2,1-3H3,(H,30,31)(H,27,28,29). The van der Waals surface area contributed by atoms with Gasteiger partial charge in [-0.05, 0) is 36.6 Å². The van der Waals surface area contributed by atoms with Crippen molar-refractivity contribution in [1.82, 2.24) is 15.0 Å². The van der Waals surface area contributed by atoms with E-state index in [0.29, 0.717) is 29.8 Å². The van der Waals surface area contributed by atoms with Gasteiger partial charge in [0.15, 0.2) is 5.13 Å². The van der Waals surface area contributed by atoms with E-state index in [-0.39, 0.29) is 11.4 Å². The Kier molecular flexibility index (Phi) is 8.64. The van der Waals surface area contributed by atoms with Crippen LogP contribution in [0.1, 0.15) is 29.1 Å². The highest BCUT2D eigenvalue weighted by molar-refractivity contribution is 7.27. The molecule has 0 bridgehead atoms. The molecule has 0 spiro atoms. The van der Waals surface area contributed by atoms with E-state index < -0.39 is 5.97 Å². The summed E-state index contributed by atoms with van der Waals surface area (Å²) in [6, 6.07) is 7.53. The smallest absolute Gasteiger partial charge is 0.339 e. The van der Waals surface area contributed by atoms with Crippen LogP contribution in [-0.4, -0.2) is 46.4 Å². The number of ether oxygens (including phenoxy) is 2. The SMILES string of the molecule is COCCOc1ccc(-c2nc(Nc3ncc(-c4nccs4)cc3C(=O)O)sc2CC(C)C)cc1P. The summed E-state index contributed by atoms with van der Waals surface area (Å²) in [4.78, 5) is 26.6. The zero-order chi connectivity index (χ0) is 25.7. The predicted molar refractivity (Wildman–Crippen MR) is 148 cm³/mol. The molecule has 3 heterocycles. The first-order valence-electron chi connectivity index (χ1n) is 11.3. The molecular weight excluding hydrogens is 515 g/mol. The lowest BCUT2D eigenvalue weighted by molar-refractivity contribution is 0.0697. The molecule has 11 heteroatoms. The summed E-state index contributed by atoms with van der Waals surface area (Å²) in [5.74, 6) is 0.372. The first-order chi connectivity index (χ1) is 17.4. The molecule has 3 aromatic heterocycles. The number of hydrogen-bond acceptors (Lipinski definition) is 9. The maximum absolute atomic E-state index is 12.0. The van der Waals surface area contributed by atoms with Crippen LogP contribution in [0.2, 0.25) is 0 Å². The molecule has 4 rings (SSSR count). The quantitative estimate of drug-likeness (QED) is 0.189. The molecule has 1 unspecified atom stereocenters. The number of hydrogen-bond donors (Lipinski definition) is 2. The molecule has 36 heavy (non-hydrogen) atoms. The highest BCUT2D eigenvalue weighted by Gasteiger charge is 2.19. The minimum atomic E-state index is -1.07. The first-order valence-corrected chi connectivity index (χ1v) is 13.5. The number of pyridine rings is 1. The van der Waals surface area contributed by atoms with Gasteiger partial charge in [-0.2, -0.15) is 0 Å². The number of carbonyl (C=O) groups is 1. The Morgan fingerprint density at radius 1 is 1.19 bits per heavy atom. The van der Waals surface area contributed by atoms with Crippen molar-refractivity contribution in [2.45, 2.75) is 20.3 Å². The van der Waals surface area contributed by atoms with Gasteiger partial charge in [0.2, 0.25) is 0 Å². The molecule has 4 aromatic rings. The fourth-order valence-electron chi connectivity index (χ4n) is 3.51. The van der Waals surface area contributed by atoms with Crippen LogP contribution < -0.4 is 15.4 Å². The van der Waals surface area contributed by atoms with Gasteiger partial charge in [0, 0.05) is 46.2 Å². The Hall–Kier alpha value is -2.91. The molecule has 0 aliphatic rings. The average Bonchev–Trinajstić information content (AvgIpc) is 3.50. The van der Waals surface area contributed by atoms with Gasteiger partial charge in [0.05, 0.1) is 12.3 Å². The van der Waals surface area contributed by atoms with E-state index in [4.69, 9.17) is 14.5 Å². The molecule has 1 atom stereocenters. The summed E-state index contributed by atoms with van der Waals surface area (Å²) in [7, 11) is 4.35. The molecule has 0 amide bonds. The van der Waals surface area contributed by atoms with Crippen LogP contribution in [0.5, 0.6) is 5.75 Å². The van der Waals surface area contributed by atoms with Gasteiger partial charge in [0.1, 0.15) is 28.7 Å². The Labute approximate surface area is 220 Å². The molecule has 0 aliphatic carbocycles. The summed E-state index contributed by atoms with van der Waals surface area (Å²) < 4.78 is 10.8. The fourth-order valence-corrected chi connectivity index (χ4v) is 5.69. The molecule has 0 fully saturated rings. The third kappa shape index (κ3) is 6.25. The minimum Gasteiger partial charge on any atom is -0.491 e. The topological polar surface area (TPSA) is 106 Å². The molecule has 188 valence electrons. The lowest BCUT2D eigenvalue weighted by Crippen LogP contribution is -2.09. The van der Waals surface area contributed by atoms with Crippen molar-refractivity contribution >= 4 is 54.1 Å². The Bertz CT molecular complexity index is 1340. The highest BCUT2D eigenvalue weighted by atomic mass is 32.1. The average molecular weight is 543 g/mol. The van der Waals surface area contributed by atoms with Crippen molar-refractivity contribution in [1.29, 1.82) is 0 Å². The van der Waals surface area contributed by atoms with Gasteiger partial charge in [0.25, 0.3) is 0 Å². The van der Waals surface area contributed by atoms with Crippen LogP contribution >= 0.6 is 31.9 Å². The van der Waals surface area contributed by atoms with Crippen molar-refractivity contribution in [2.24, 2.45) is 5.92 Å². The Balaban J connectivity index is 1.65. The lowest BCUT2D eigenvalue weighted by Gasteiger charge is -2.11. The van der Waals surface area contributed by atoms with Gasteiger partial charge < -0.3 is 19.9 Å². The van der Waals surface area contributed by atoms with E-state index in [1.54, 1.807) is 25.6 Å². The number of nitrogens with one attached hydrogen (secondary N) is 1. The van der Waals surface area contributed by atoms with E-state index in [2.05, 4.69) is 38.4 Å². The summed E-state index contributed by atoms with van der Waals surface area (Å²) in [6.07, 6.45) is 4.15. The number of methoxy groups -OCH3 is 1. The molecule has 0 saturated heterocycles. The highest BCUT2D eigenvalue weighted by Crippen LogP contribution is 2.36. The van der Waals surface area contributed by atoms with Gasteiger partial charge in [-0.25, -0.2) is 19.7 Å². The zero-order valence-electron chi connectivity index (χ0n) is 20.1. The van der Waals surface area contributed by atoms with Gasteiger partial charge >= 0.3 is 5.97 Å². The third-order valence-electron chi connectivity index (χ3n) is 5.14. The molecule has 0 saturated carbocycles. The van der Waals surface area contributed by atoms with Crippen LogP contribution in [-0.2, 0) is 11.2 Å². The number of nitrogens with zero attached hydrogens (tertiary/aromatic N) is 3. The summed E-state index contributed by atoms with van der Waals surface area (Å²) in [5.41, 5.74) is 2.55. The monoisotopic (exact) mass is 542 g/mol. The number of rotatable bonds is 11. The van der Waals surface area contributed by atoms with Gasteiger partial charge in [-0.15, -0.1) is 31.9 Å². The number of aromatic nitrogens is 3. The van der Waals surface area contributed by atoms with E-state index >= 15 is 0 Å². The fraction of sp³-hybridized carbons (Fsp3) is 0.280. The second-order valence-corrected chi connectivity index (χ2v) is 11.0. The predicted octanol–water partition coefficient (Wildman–Crippen LogP) is 5.49. The van der Waals surface area contributed by atoms with Crippen molar-refractivity contribution in [3.8, 4) is 27.6 Å². The zero-order valence-corrected chi connectivity index (χ0v) is 22.9. The van der Waals surface area contributed by atoms with Crippen LogP contribution in [0.4, 0.5) is 10.9 Å². The third-order valence-corrected chi connectivity index (χ3v) is 7.41. The maximum atomic E-state index is 12.0. The second kappa shape index (κ2) is 11.9. The number of anilines is 2. The van der Waals surface area contributed by atoms with Crippen LogP contribution in [0.15, 0.2) is 42.0 Å². The molecule has 8 nitrogen and oxygen atoms in total. The number of carboxylic acid groups (broad SMARTS) is 1. The normalized spacial score (nSPS) is 11.1. The summed E-state index contributed by atoms with van der Waals surface area (Å²) in [6.45, 7) is 5.31. The van der Waals surface area contributed by atoms with E-state index in [0.717, 1.165) is 38.6 Å². The van der Waals surface area contributed by atoms with Crippen LogP contribution in [0.3, 0.4) is 0 Å². The summed E-state index contributed by atoms with van der Waals surface area (Å²) in [5, 5.41) is 17.0. The van der Waals surface area contributed by atoms with Crippen LogP contribution in [0.25, 0.3) is 21.8 Å².